The van der Waals surface area contributed by atoms with Gasteiger partial charge in [-0.2, -0.15) is 0 Å². The molecule has 0 aliphatic carbocycles. The molecule has 4 nitrogen and oxygen atoms in total. The predicted molar refractivity (Wildman–Crippen MR) is 106 cm³/mol. The Morgan fingerprint density at radius 1 is 1.08 bits per heavy atom. The Hall–Kier alpha value is -2.85. The molecule has 26 heavy (non-hydrogen) atoms. The first kappa shape index (κ1) is 16.6. The molecule has 2 aromatic heterocycles. The van der Waals surface area contributed by atoms with E-state index in [0.29, 0.717) is 21.6 Å². The maximum absolute atomic E-state index is 13.1. The van der Waals surface area contributed by atoms with Crippen molar-refractivity contribution in [2.45, 2.75) is 13.8 Å². The van der Waals surface area contributed by atoms with Crippen molar-refractivity contribution >= 4 is 39.3 Å². The lowest BCUT2D eigenvalue weighted by atomic mass is 10.1. The molecule has 0 radical (unpaired) electrons. The molecule has 4 rings (SSSR count). The normalized spacial score (nSPS) is 11.4. The van der Waals surface area contributed by atoms with E-state index < -0.39 is 0 Å². The summed E-state index contributed by atoms with van der Waals surface area (Å²) in [6, 6.07) is 15.0. The molecule has 0 saturated carbocycles. The van der Waals surface area contributed by atoms with Gasteiger partial charge in [0.05, 0.1) is 22.1 Å². The van der Waals surface area contributed by atoms with Crippen LogP contribution in [0.5, 0.6) is 0 Å². The summed E-state index contributed by atoms with van der Waals surface area (Å²) in [6.45, 7) is 3.40. The summed E-state index contributed by atoms with van der Waals surface area (Å²) in [4.78, 5) is 25.7. The Kier molecular flexibility index (Phi) is 3.74. The van der Waals surface area contributed by atoms with Gasteiger partial charge in [-0.15, -0.1) is 0 Å². The smallest absolute Gasteiger partial charge is 0.260 e. The van der Waals surface area contributed by atoms with Gasteiger partial charge in [0.15, 0.2) is 0 Å². The fraction of sp³-hybridized carbons (Fsp3) is 0.143. The largest absolute Gasteiger partial charge is 0.311 e. The van der Waals surface area contributed by atoms with Crippen molar-refractivity contribution in [1.82, 2.24) is 9.13 Å². The Bertz CT molecular complexity index is 1260. The van der Waals surface area contributed by atoms with Crippen molar-refractivity contribution in [3.8, 4) is 11.3 Å². The summed E-state index contributed by atoms with van der Waals surface area (Å²) in [6.07, 6.45) is 0. The monoisotopic (exact) mass is 364 g/mol. The Morgan fingerprint density at radius 2 is 1.81 bits per heavy atom. The number of para-hydroxylation sites is 1. The number of aromatic nitrogens is 2. The third-order valence-electron chi connectivity index (χ3n) is 4.87. The zero-order valence-electron chi connectivity index (χ0n) is 14.7. The number of carbonyl (C=O) groups is 1. The van der Waals surface area contributed by atoms with E-state index in [9.17, 15) is 9.59 Å². The second-order valence-electron chi connectivity index (χ2n) is 6.44. The van der Waals surface area contributed by atoms with E-state index in [1.165, 1.54) is 6.92 Å². The van der Waals surface area contributed by atoms with Gasteiger partial charge < -0.3 is 4.57 Å². The number of rotatable bonds is 1. The van der Waals surface area contributed by atoms with Crippen molar-refractivity contribution in [2.75, 3.05) is 0 Å². The van der Waals surface area contributed by atoms with Crippen LogP contribution in [0.1, 0.15) is 17.3 Å². The zero-order chi connectivity index (χ0) is 18.6. The van der Waals surface area contributed by atoms with E-state index in [1.807, 2.05) is 49.4 Å². The maximum Gasteiger partial charge on any atom is 0.260 e. The highest BCUT2D eigenvalue weighted by Gasteiger charge is 2.23. The Morgan fingerprint density at radius 3 is 2.50 bits per heavy atom. The van der Waals surface area contributed by atoms with E-state index >= 15 is 0 Å². The molecule has 0 N–H and O–H groups in total. The van der Waals surface area contributed by atoms with Crippen LogP contribution in [-0.2, 0) is 7.05 Å². The fourth-order valence-corrected chi connectivity index (χ4v) is 3.93. The number of benzene rings is 2. The standard InChI is InChI=1S/C21H17ClN2O2/c1-12-18-20(16-9-4-5-10-17(16)23(3)21(18)26)24(13(2)25)19(12)14-7-6-8-15(22)11-14/h4-11H,1-3H3. The average molecular weight is 365 g/mol. The van der Waals surface area contributed by atoms with Gasteiger partial charge in [0.25, 0.3) is 5.56 Å². The molecule has 2 heterocycles. The summed E-state index contributed by atoms with van der Waals surface area (Å²) in [5.41, 5.74) is 3.64. The van der Waals surface area contributed by atoms with E-state index in [0.717, 1.165) is 22.0 Å². The van der Waals surface area contributed by atoms with Gasteiger partial charge in [-0.1, -0.05) is 41.9 Å². The highest BCUT2D eigenvalue weighted by atomic mass is 35.5. The van der Waals surface area contributed by atoms with E-state index in [1.54, 1.807) is 22.2 Å². The van der Waals surface area contributed by atoms with Gasteiger partial charge >= 0.3 is 0 Å². The van der Waals surface area contributed by atoms with Crippen molar-refractivity contribution in [3.63, 3.8) is 0 Å². The van der Waals surface area contributed by atoms with Crippen LogP contribution >= 0.6 is 11.6 Å². The van der Waals surface area contributed by atoms with Gasteiger partial charge in [0.1, 0.15) is 0 Å². The van der Waals surface area contributed by atoms with Crippen LogP contribution in [0.25, 0.3) is 33.1 Å². The maximum atomic E-state index is 13.1. The molecule has 0 fully saturated rings. The van der Waals surface area contributed by atoms with Crippen LogP contribution in [0, 0.1) is 6.92 Å². The lowest BCUT2D eigenvalue weighted by Gasteiger charge is -2.10. The summed E-state index contributed by atoms with van der Waals surface area (Å²) < 4.78 is 3.27. The molecule has 0 aliphatic rings. The zero-order valence-corrected chi connectivity index (χ0v) is 15.5. The molecule has 0 aliphatic heterocycles. The molecule has 0 saturated heterocycles. The molecule has 0 bridgehead atoms. The van der Waals surface area contributed by atoms with Crippen molar-refractivity contribution < 1.29 is 4.79 Å². The molecule has 0 atom stereocenters. The first-order chi connectivity index (χ1) is 12.4. The van der Waals surface area contributed by atoms with Crippen LogP contribution in [0.2, 0.25) is 5.02 Å². The van der Waals surface area contributed by atoms with Gasteiger partial charge in [-0.25, -0.2) is 0 Å². The lowest BCUT2D eigenvalue weighted by Crippen LogP contribution is -2.18. The van der Waals surface area contributed by atoms with E-state index in [2.05, 4.69) is 0 Å². The molecule has 130 valence electrons. The van der Waals surface area contributed by atoms with E-state index in [4.69, 9.17) is 11.6 Å². The lowest BCUT2D eigenvalue weighted by molar-refractivity contribution is 0.0943. The SMILES string of the molecule is CC(=O)n1c(-c2cccc(Cl)c2)c(C)c2c(=O)n(C)c3ccccc3c21. The summed E-state index contributed by atoms with van der Waals surface area (Å²) in [5, 5.41) is 2.02. The number of carbonyl (C=O) groups excluding carboxylic acids is 1. The average Bonchev–Trinajstić information content (AvgIpc) is 2.93. The highest BCUT2D eigenvalue weighted by molar-refractivity contribution is 6.30. The van der Waals surface area contributed by atoms with Crippen molar-refractivity contribution in [1.29, 1.82) is 0 Å². The van der Waals surface area contributed by atoms with Gasteiger partial charge in [0, 0.05) is 29.9 Å². The topological polar surface area (TPSA) is 44.0 Å². The van der Waals surface area contributed by atoms with Crippen LogP contribution in [-0.4, -0.2) is 15.0 Å². The Labute approximate surface area is 155 Å². The first-order valence-corrected chi connectivity index (χ1v) is 8.69. The molecule has 2 aromatic carbocycles. The molecule has 0 spiro atoms. The number of nitrogens with zero attached hydrogens (tertiary/aromatic N) is 2. The molecular formula is C21H17ClN2O2. The van der Waals surface area contributed by atoms with Crippen molar-refractivity contribution in [2.24, 2.45) is 7.05 Å². The number of aryl methyl sites for hydroxylation is 2. The van der Waals surface area contributed by atoms with Gasteiger partial charge in [-0.05, 0) is 30.7 Å². The summed E-state index contributed by atoms with van der Waals surface area (Å²) >= 11 is 6.17. The minimum absolute atomic E-state index is 0.112. The molecule has 0 unspecified atom stereocenters. The van der Waals surface area contributed by atoms with Crippen LogP contribution in [0.3, 0.4) is 0 Å². The fourth-order valence-electron chi connectivity index (χ4n) is 3.74. The molecule has 0 amide bonds. The third kappa shape index (κ3) is 2.22. The predicted octanol–water partition coefficient (Wildman–Crippen LogP) is 4.78. The van der Waals surface area contributed by atoms with Crippen LogP contribution < -0.4 is 5.56 Å². The second kappa shape index (κ2) is 5.85. The van der Waals surface area contributed by atoms with Crippen LogP contribution in [0.15, 0.2) is 53.3 Å². The highest BCUT2D eigenvalue weighted by Crippen LogP contribution is 2.35. The number of fused-ring (bicyclic) bond motifs is 3. The first-order valence-electron chi connectivity index (χ1n) is 8.31. The van der Waals surface area contributed by atoms with E-state index in [-0.39, 0.29) is 11.5 Å². The number of pyridine rings is 1. The minimum atomic E-state index is -0.142. The van der Waals surface area contributed by atoms with Gasteiger partial charge in [-0.3, -0.25) is 14.2 Å². The molecular weight excluding hydrogens is 348 g/mol. The van der Waals surface area contributed by atoms with Crippen LogP contribution in [0.4, 0.5) is 0 Å². The quantitative estimate of drug-likeness (QED) is 0.487. The number of hydrogen-bond acceptors (Lipinski definition) is 2. The molecule has 4 aromatic rings. The number of hydrogen-bond donors (Lipinski definition) is 0. The number of halogens is 1. The third-order valence-corrected chi connectivity index (χ3v) is 5.10. The van der Waals surface area contributed by atoms with Crippen molar-refractivity contribution in [3.05, 3.63) is 69.5 Å². The summed E-state index contributed by atoms with van der Waals surface area (Å²) in [7, 11) is 1.76. The minimum Gasteiger partial charge on any atom is -0.311 e. The molecule has 5 heteroatoms. The Balaban J connectivity index is 2.32. The summed E-state index contributed by atoms with van der Waals surface area (Å²) in [5.74, 6) is -0.142. The van der Waals surface area contributed by atoms with Gasteiger partial charge in [0.2, 0.25) is 5.91 Å². The second-order valence-corrected chi connectivity index (χ2v) is 6.88.